The van der Waals surface area contributed by atoms with E-state index in [9.17, 15) is 0 Å². The highest BCUT2D eigenvalue weighted by molar-refractivity contribution is 7.15. The number of aryl methyl sites for hydroxylation is 1. The van der Waals surface area contributed by atoms with Crippen LogP contribution in [0.3, 0.4) is 0 Å². The van der Waals surface area contributed by atoms with Gasteiger partial charge in [0, 0.05) is 25.6 Å². The Labute approximate surface area is 150 Å². The molecule has 0 N–H and O–H groups in total. The molecule has 0 unspecified atom stereocenters. The third-order valence-electron chi connectivity index (χ3n) is 3.78. The van der Waals surface area contributed by atoms with Gasteiger partial charge in [-0.2, -0.15) is 0 Å². The summed E-state index contributed by atoms with van der Waals surface area (Å²) in [4.78, 5) is 2.34. The Hall–Kier alpha value is -1.04. The van der Waals surface area contributed by atoms with Gasteiger partial charge in [0.05, 0.1) is 16.7 Å². The molecule has 1 aliphatic rings. The van der Waals surface area contributed by atoms with Gasteiger partial charge in [0.1, 0.15) is 10.8 Å². The average Bonchev–Trinajstić information content (AvgIpc) is 3.05. The van der Waals surface area contributed by atoms with Gasteiger partial charge in [-0.1, -0.05) is 34.5 Å². The zero-order valence-electron chi connectivity index (χ0n) is 12.8. The fourth-order valence-corrected chi connectivity index (χ4v) is 3.76. The van der Waals surface area contributed by atoms with E-state index in [4.69, 9.17) is 27.9 Å². The summed E-state index contributed by atoms with van der Waals surface area (Å²) in [5.74, 6) is 0.741. The van der Waals surface area contributed by atoms with Crippen LogP contribution in [0.15, 0.2) is 18.2 Å². The van der Waals surface area contributed by atoms with E-state index in [0.717, 1.165) is 41.8 Å². The van der Waals surface area contributed by atoms with Crippen LogP contribution in [-0.4, -0.2) is 29.9 Å². The maximum atomic E-state index is 5.97. The molecular weight excluding hydrogens is 353 g/mol. The first-order chi connectivity index (χ1) is 11.2. The number of aromatic nitrogens is 2. The highest BCUT2D eigenvalue weighted by Gasteiger charge is 2.15. The van der Waals surface area contributed by atoms with Crippen molar-refractivity contribution in [2.24, 2.45) is 0 Å². The Morgan fingerprint density at radius 2 is 1.91 bits per heavy atom. The summed E-state index contributed by atoms with van der Waals surface area (Å²) >= 11 is 13.5. The summed E-state index contributed by atoms with van der Waals surface area (Å²) in [6.45, 7) is 2.83. The average molecular weight is 372 g/mol. The first-order valence-corrected chi connectivity index (χ1v) is 9.45. The summed E-state index contributed by atoms with van der Waals surface area (Å²) in [7, 11) is 0. The van der Waals surface area contributed by atoms with E-state index in [1.807, 2.05) is 6.07 Å². The first-order valence-electron chi connectivity index (χ1n) is 7.87. The van der Waals surface area contributed by atoms with Gasteiger partial charge in [0.25, 0.3) is 0 Å². The molecule has 0 atom stereocenters. The topological polar surface area (TPSA) is 38.3 Å². The van der Waals surface area contributed by atoms with Crippen LogP contribution in [0.2, 0.25) is 10.0 Å². The third-order valence-corrected chi connectivity index (χ3v) is 5.56. The molecule has 7 heteroatoms. The lowest BCUT2D eigenvalue weighted by Crippen LogP contribution is -2.29. The maximum Gasteiger partial charge on any atom is 0.208 e. The van der Waals surface area contributed by atoms with E-state index in [1.54, 1.807) is 23.5 Å². The second-order valence-electron chi connectivity index (χ2n) is 5.55. The predicted molar refractivity (Wildman–Crippen MR) is 96.3 cm³/mol. The Balaban J connectivity index is 1.43. The van der Waals surface area contributed by atoms with E-state index in [2.05, 4.69) is 15.1 Å². The van der Waals surface area contributed by atoms with Crippen LogP contribution < -0.4 is 9.64 Å². The van der Waals surface area contributed by atoms with Crippen molar-refractivity contribution in [3.63, 3.8) is 0 Å². The molecular formula is C16H19Cl2N3OS. The number of piperidine rings is 1. The minimum atomic E-state index is 0.513. The fraction of sp³-hybridized carbons (Fsp3) is 0.500. The summed E-state index contributed by atoms with van der Waals surface area (Å²) in [5.41, 5.74) is 0. The molecule has 0 aliphatic carbocycles. The second-order valence-corrected chi connectivity index (χ2v) is 7.41. The van der Waals surface area contributed by atoms with Crippen LogP contribution in [0.5, 0.6) is 5.75 Å². The lowest BCUT2D eigenvalue weighted by atomic mass is 10.1. The Kier molecular flexibility index (Phi) is 5.97. The Morgan fingerprint density at radius 1 is 1.09 bits per heavy atom. The van der Waals surface area contributed by atoms with Crippen molar-refractivity contribution in [3.8, 4) is 5.75 Å². The highest BCUT2D eigenvalue weighted by Crippen LogP contribution is 2.27. The molecule has 1 aliphatic heterocycles. The lowest BCUT2D eigenvalue weighted by molar-refractivity contribution is 0.311. The monoisotopic (exact) mass is 371 g/mol. The molecule has 0 bridgehead atoms. The number of hydrogen-bond acceptors (Lipinski definition) is 5. The number of halogens is 2. The van der Waals surface area contributed by atoms with E-state index < -0.39 is 0 Å². The van der Waals surface area contributed by atoms with E-state index in [0.29, 0.717) is 16.7 Å². The molecule has 0 spiro atoms. The van der Waals surface area contributed by atoms with Gasteiger partial charge in [-0.05, 0) is 37.8 Å². The summed E-state index contributed by atoms with van der Waals surface area (Å²) in [6, 6.07) is 5.31. The van der Waals surface area contributed by atoms with Crippen molar-refractivity contribution >= 4 is 39.7 Å². The van der Waals surface area contributed by atoms with Crippen LogP contribution in [-0.2, 0) is 6.42 Å². The van der Waals surface area contributed by atoms with Crippen molar-refractivity contribution in [1.29, 1.82) is 0 Å². The molecule has 2 heterocycles. The summed E-state index contributed by atoms with van der Waals surface area (Å²) in [6.07, 6.45) is 5.62. The number of ether oxygens (including phenoxy) is 1. The third kappa shape index (κ3) is 4.72. The molecule has 0 radical (unpaired) electrons. The predicted octanol–water partition coefficient (Wildman–Crippen LogP) is 4.85. The van der Waals surface area contributed by atoms with Crippen LogP contribution >= 0.6 is 34.5 Å². The van der Waals surface area contributed by atoms with Gasteiger partial charge >= 0.3 is 0 Å². The maximum absolute atomic E-state index is 5.97. The quantitative estimate of drug-likeness (QED) is 0.680. The normalized spacial score (nSPS) is 15.0. The second kappa shape index (κ2) is 8.18. The number of hydrogen-bond donors (Lipinski definition) is 0. The van der Waals surface area contributed by atoms with E-state index in [1.165, 1.54) is 19.3 Å². The van der Waals surface area contributed by atoms with Crippen molar-refractivity contribution in [1.82, 2.24) is 10.2 Å². The number of rotatable bonds is 6. The summed E-state index contributed by atoms with van der Waals surface area (Å²) < 4.78 is 5.69. The fourth-order valence-electron chi connectivity index (χ4n) is 2.54. The molecule has 1 aromatic carbocycles. The van der Waals surface area contributed by atoms with Crippen molar-refractivity contribution in [2.75, 3.05) is 24.6 Å². The number of anilines is 1. The Bertz CT molecular complexity index is 644. The van der Waals surface area contributed by atoms with Crippen LogP contribution in [0.4, 0.5) is 5.13 Å². The van der Waals surface area contributed by atoms with Gasteiger partial charge in [0.15, 0.2) is 0 Å². The highest BCUT2D eigenvalue weighted by atomic mass is 35.5. The minimum absolute atomic E-state index is 0.513. The first kappa shape index (κ1) is 16.8. The lowest BCUT2D eigenvalue weighted by Gasteiger charge is -2.25. The molecule has 0 saturated carbocycles. The molecule has 1 saturated heterocycles. The molecule has 1 aromatic heterocycles. The molecule has 0 amide bonds. The minimum Gasteiger partial charge on any atom is -0.494 e. The molecule has 4 nitrogen and oxygen atoms in total. The smallest absolute Gasteiger partial charge is 0.208 e. The van der Waals surface area contributed by atoms with Gasteiger partial charge in [0.2, 0.25) is 5.13 Å². The van der Waals surface area contributed by atoms with Gasteiger partial charge < -0.3 is 9.64 Å². The van der Waals surface area contributed by atoms with Crippen molar-refractivity contribution in [3.05, 3.63) is 33.3 Å². The molecule has 2 aromatic rings. The zero-order valence-corrected chi connectivity index (χ0v) is 15.1. The number of nitrogens with zero attached hydrogens (tertiary/aromatic N) is 3. The molecule has 1 fully saturated rings. The van der Waals surface area contributed by atoms with Gasteiger partial charge in [-0.15, -0.1) is 10.2 Å². The Morgan fingerprint density at radius 3 is 2.70 bits per heavy atom. The van der Waals surface area contributed by atoms with Crippen molar-refractivity contribution < 1.29 is 4.74 Å². The SMILES string of the molecule is Clc1ccc(OCCCc2nnc(N3CCCCC3)s2)cc1Cl. The zero-order chi connectivity index (χ0) is 16.1. The van der Waals surface area contributed by atoms with Crippen LogP contribution in [0, 0.1) is 0 Å². The van der Waals surface area contributed by atoms with Crippen molar-refractivity contribution in [2.45, 2.75) is 32.1 Å². The molecule has 124 valence electrons. The van der Waals surface area contributed by atoms with Gasteiger partial charge in [-0.25, -0.2) is 0 Å². The van der Waals surface area contributed by atoms with Crippen LogP contribution in [0.1, 0.15) is 30.7 Å². The van der Waals surface area contributed by atoms with Crippen LogP contribution in [0.25, 0.3) is 0 Å². The molecule has 3 rings (SSSR count). The standard InChI is InChI=1S/C16H19Cl2N3OS/c17-13-7-6-12(11-14(13)18)22-10-4-5-15-19-20-16(23-15)21-8-2-1-3-9-21/h6-7,11H,1-5,8-10H2. The van der Waals surface area contributed by atoms with E-state index >= 15 is 0 Å². The largest absolute Gasteiger partial charge is 0.494 e. The molecule has 23 heavy (non-hydrogen) atoms. The van der Waals surface area contributed by atoms with Gasteiger partial charge in [-0.3, -0.25) is 0 Å². The van der Waals surface area contributed by atoms with E-state index in [-0.39, 0.29) is 0 Å². The summed E-state index contributed by atoms with van der Waals surface area (Å²) in [5, 5.41) is 11.8. The number of benzene rings is 1.